The minimum atomic E-state index is -0.694. The maximum absolute atomic E-state index is 12.6. The highest BCUT2D eigenvalue weighted by Gasteiger charge is 2.21. The van der Waals surface area contributed by atoms with Crippen molar-refractivity contribution in [3.8, 4) is 0 Å². The van der Waals surface area contributed by atoms with Crippen LogP contribution in [0.5, 0.6) is 0 Å². The van der Waals surface area contributed by atoms with Gasteiger partial charge in [0.2, 0.25) is 5.16 Å². The van der Waals surface area contributed by atoms with Gasteiger partial charge in [-0.2, -0.15) is 4.80 Å². The molecule has 0 aliphatic heterocycles. The molecule has 0 aliphatic carbocycles. The fourth-order valence-corrected chi connectivity index (χ4v) is 3.73. The highest BCUT2D eigenvalue weighted by Crippen LogP contribution is 2.28. The predicted octanol–water partition coefficient (Wildman–Crippen LogP) is 4.40. The predicted molar refractivity (Wildman–Crippen MR) is 126 cm³/mol. The molecular formula is C24H29N5O3S. The summed E-state index contributed by atoms with van der Waals surface area (Å²) < 4.78 is 5.20. The van der Waals surface area contributed by atoms with Crippen molar-refractivity contribution in [2.24, 2.45) is 0 Å². The highest BCUT2D eigenvalue weighted by atomic mass is 32.2. The molecule has 9 heteroatoms. The molecule has 174 valence electrons. The Bertz CT molecular complexity index is 1060. The Labute approximate surface area is 198 Å². The second kappa shape index (κ2) is 11.1. The molecule has 3 rings (SSSR count). The number of ether oxygens (including phenoxy) is 1. The smallest absolute Gasteiger partial charge is 0.408 e. The van der Waals surface area contributed by atoms with Crippen molar-refractivity contribution in [3.05, 3.63) is 65.7 Å². The summed E-state index contributed by atoms with van der Waals surface area (Å²) in [5, 5.41) is 15.3. The molecule has 2 aromatic carbocycles. The first-order valence-electron chi connectivity index (χ1n) is 10.8. The molecule has 1 aromatic heterocycles. The molecule has 1 unspecified atom stereocenters. The second-order valence-electron chi connectivity index (χ2n) is 8.61. The van der Waals surface area contributed by atoms with Gasteiger partial charge < -0.3 is 10.1 Å². The third-order valence-electron chi connectivity index (χ3n) is 4.96. The van der Waals surface area contributed by atoms with Crippen molar-refractivity contribution in [2.45, 2.75) is 68.8 Å². The van der Waals surface area contributed by atoms with Crippen molar-refractivity contribution in [3.63, 3.8) is 0 Å². The standard InChI is InChI=1S/C24H29N5O3S/c1-5-20(25-23(31)32-16-17-9-7-6-8-10-17)21(30)15-29-27-22(26-28-29)33-19-13-11-18(12-14-19)24(2,3)4/h6-14,20H,5,15-16H2,1-4H3,(H,25,31). The van der Waals surface area contributed by atoms with E-state index in [4.69, 9.17) is 4.74 Å². The SMILES string of the molecule is CCC(NC(=O)OCc1ccccc1)C(=O)Cn1nnc(Sc2ccc(C(C)(C)C)cc2)n1. The van der Waals surface area contributed by atoms with Crippen molar-refractivity contribution >= 4 is 23.6 Å². The van der Waals surface area contributed by atoms with E-state index in [2.05, 4.69) is 53.6 Å². The molecule has 1 amide bonds. The maximum Gasteiger partial charge on any atom is 0.408 e. The molecule has 1 atom stereocenters. The van der Waals surface area contributed by atoms with Crippen molar-refractivity contribution < 1.29 is 14.3 Å². The summed E-state index contributed by atoms with van der Waals surface area (Å²) in [4.78, 5) is 27.0. The Balaban J connectivity index is 1.51. The molecule has 1 heterocycles. The average molecular weight is 468 g/mol. The van der Waals surface area contributed by atoms with Gasteiger partial charge >= 0.3 is 6.09 Å². The number of rotatable bonds is 9. The zero-order valence-electron chi connectivity index (χ0n) is 19.3. The molecule has 0 aliphatic rings. The maximum atomic E-state index is 12.6. The number of amides is 1. The average Bonchev–Trinajstić information content (AvgIpc) is 3.23. The van der Waals surface area contributed by atoms with E-state index in [1.807, 2.05) is 49.4 Å². The number of hydrogen-bond donors (Lipinski definition) is 1. The number of aromatic nitrogens is 4. The number of tetrazole rings is 1. The van der Waals surface area contributed by atoms with E-state index in [1.165, 1.54) is 22.1 Å². The largest absolute Gasteiger partial charge is 0.445 e. The monoisotopic (exact) mass is 467 g/mol. The molecule has 33 heavy (non-hydrogen) atoms. The molecule has 0 saturated carbocycles. The van der Waals surface area contributed by atoms with Crippen LogP contribution in [0.2, 0.25) is 0 Å². The number of ketones is 1. The minimum absolute atomic E-state index is 0.0861. The summed E-state index contributed by atoms with van der Waals surface area (Å²) in [6.07, 6.45) is -0.212. The Morgan fingerprint density at radius 3 is 2.42 bits per heavy atom. The Kier molecular flexibility index (Phi) is 8.21. The first kappa shape index (κ1) is 24.4. The topological polar surface area (TPSA) is 99.0 Å². The normalized spacial score (nSPS) is 12.2. The molecular weight excluding hydrogens is 438 g/mol. The highest BCUT2D eigenvalue weighted by molar-refractivity contribution is 7.99. The first-order valence-corrected chi connectivity index (χ1v) is 11.6. The Morgan fingerprint density at radius 1 is 1.09 bits per heavy atom. The lowest BCUT2D eigenvalue weighted by atomic mass is 9.87. The first-order chi connectivity index (χ1) is 15.7. The molecule has 0 spiro atoms. The molecule has 0 saturated heterocycles. The van der Waals surface area contributed by atoms with Gasteiger partial charge in [0.1, 0.15) is 13.2 Å². The van der Waals surface area contributed by atoms with Crippen LogP contribution in [-0.4, -0.2) is 38.1 Å². The zero-order valence-corrected chi connectivity index (χ0v) is 20.1. The van der Waals surface area contributed by atoms with E-state index < -0.39 is 12.1 Å². The summed E-state index contributed by atoms with van der Waals surface area (Å²) in [7, 11) is 0. The fourth-order valence-electron chi connectivity index (χ4n) is 3.03. The van der Waals surface area contributed by atoms with Crippen LogP contribution in [0, 0.1) is 0 Å². The molecule has 8 nitrogen and oxygen atoms in total. The van der Waals surface area contributed by atoms with Gasteiger partial charge in [0.25, 0.3) is 0 Å². The summed E-state index contributed by atoms with van der Waals surface area (Å²) in [5.41, 5.74) is 2.20. The van der Waals surface area contributed by atoms with E-state index in [0.717, 1.165) is 10.5 Å². The number of carbonyl (C=O) groups excluding carboxylic acids is 2. The number of hydrogen-bond acceptors (Lipinski definition) is 7. The van der Waals surface area contributed by atoms with Gasteiger partial charge in [-0.15, -0.1) is 10.2 Å². The van der Waals surface area contributed by atoms with E-state index >= 15 is 0 Å². The number of nitrogens with one attached hydrogen (secondary N) is 1. The molecule has 0 bridgehead atoms. The summed E-state index contributed by atoms with van der Waals surface area (Å²) in [5.74, 6) is -0.224. The number of Topliss-reactive ketones (excluding diaryl/α,β-unsaturated/α-hetero) is 1. The van der Waals surface area contributed by atoms with E-state index in [1.54, 1.807) is 0 Å². The van der Waals surface area contributed by atoms with E-state index in [0.29, 0.717) is 11.6 Å². The lowest BCUT2D eigenvalue weighted by molar-refractivity contribution is -0.122. The molecule has 0 fully saturated rings. The molecule has 0 radical (unpaired) electrons. The number of carbonyl (C=O) groups is 2. The van der Waals surface area contributed by atoms with Gasteiger partial charge in [0, 0.05) is 4.90 Å². The summed E-state index contributed by atoms with van der Waals surface area (Å²) in [6.45, 7) is 8.37. The van der Waals surface area contributed by atoms with Crippen molar-refractivity contribution in [1.82, 2.24) is 25.5 Å². The summed E-state index contributed by atoms with van der Waals surface area (Å²) >= 11 is 1.38. The van der Waals surface area contributed by atoms with Gasteiger partial charge in [0.05, 0.1) is 6.04 Å². The molecule has 3 aromatic rings. The number of benzene rings is 2. The lowest BCUT2D eigenvalue weighted by Gasteiger charge is -2.18. The number of alkyl carbamates (subject to hydrolysis) is 1. The van der Waals surface area contributed by atoms with E-state index in [9.17, 15) is 9.59 Å². The number of nitrogens with zero attached hydrogens (tertiary/aromatic N) is 4. The zero-order chi connectivity index (χ0) is 23.8. The van der Waals surface area contributed by atoms with Crippen LogP contribution < -0.4 is 5.32 Å². The van der Waals surface area contributed by atoms with Gasteiger partial charge in [0.15, 0.2) is 5.78 Å². The van der Waals surface area contributed by atoms with Gasteiger partial charge in [-0.1, -0.05) is 70.2 Å². The van der Waals surface area contributed by atoms with E-state index in [-0.39, 0.29) is 24.3 Å². The fraction of sp³-hybridized carbons (Fsp3) is 0.375. The van der Waals surface area contributed by atoms with Crippen LogP contribution in [0.25, 0.3) is 0 Å². The van der Waals surface area contributed by atoms with Crippen LogP contribution in [-0.2, 0) is 28.1 Å². The van der Waals surface area contributed by atoms with Crippen molar-refractivity contribution in [2.75, 3.05) is 0 Å². The lowest BCUT2D eigenvalue weighted by Crippen LogP contribution is -2.42. The van der Waals surface area contributed by atoms with Gasteiger partial charge in [-0.3, -0.25) is 4.79 Å². The molecule has 1 N–H and O–H groups in total. The van der Waals surface area contributed by atoms with Crippen LogP contribution in [0.3, 0.4) is 0 Å². The third-order valence-corrected chi connectivity index (χ3v) is 5.82. The third kappa shape index (κ3) is 7.42. The summed E-state index contributed by atoms with van der Waals surface area (Å²) in [6, 6.07) is 16.9. The Hall–Kier alpha value is -3.20. The van der Waals surface area contributed by atoms with Crippen LogP contribution >= 0.6 is 11.8 Å². The Morgan fingerprint density at radius 2 is 1.79 bits per heavy atom. The second-order valence-corrected chi connectivity index (χ2v) is 9.65. The van der Waals surface area contributed by atoms with Crippen LogP contribution in [0.1, 0.15) is 45.2 Å². The van der Waals surface area contributed by atoms with Gasteiger partial charge in [-0.05, 0) is 52.1 Å². The van der Waals surface area contributed by atoms with Crippen LogP contribution in [0.15, 0.2) is 64.6 Å². The van der Waals surface area contributed by atoms with Crippen LogP contribution in [0.4, 0.5) is 4.79 Å². The minimum Gasteiger partial charge on any atom is -0.445 e. The quantitative estimate of drug-likeness (QED) is 0.498. The van der Waals surface area contributed by atoms with Crippen molar-refractivity contribution in [1.29, 1.82) is 0 Å². The van der Waals surface area contributed by atoms with Gasteiger partial charge in [-0.25, -0.2) is 4.79 Å².